The molecule has 1 aromatic heterocycles. The van der Waals surface area contributed by atoms with Gasteiger partial charge in [-0.2, -0.15) is 0 Å². The predicted molar refractivity (Wildman–Crippen MR) is 80.0 cm³/mol. The van der Waals surface area contributed by atoms with E-state index in [0.29, 0.717) is 13.0 Å². The minimum atomic E-state index is -0.0564. The molecule has 0 aliphatic rings. The lowest BCUT2D eigenvalue weighted by Crippen LogP contribution is -2.35. The van der Waals surface area contributed by atoms with E-state index < -0.39 is 0 Å². The minimum absolute atomic E-state index is 0.00349. The predicted octanol–water partition coefficient (Wildman–Crippen LogP) is 1.95. The maximum atomic E-state index is 12.0. The summed E-state index contributed by atoms with van der Waals surface area (Å²) in [7, 11) is 3.89. The Kier molecular flexibility index (Phi) is 5.00. The molecular weight excluding hydrogens is 268 g/mol. The van der Waals surface area contributed by atoms with Crippen LogP contribution in [0.5, 0.6) is 5.75 Å². The van der Waals surface area contributed by atoms with Crippen LogP contribution in [0.4, 0.5) is 0 Å². The topological polar surface area (TPSA) is 65.7 Å². The number of phenols is 1. The normalized spacial score (nSPS) is 12.3. The largest absolute Gasteiger partial charge is 0.508 e. The van der Waals surface area contributed by atoms with E-state index in [2.05, 4.69) is 5.32 Å². The third kappa shape index (κ3) is 4.36. The van der Waals surface area contributed by atoms with Crippen molar-refractivity contribution in [2.24, 2.45) is 0 Å². The van der Waals surface area contributed by atoms with Gasteiger partial charge in [-0.3, -0.25) is 9.69 Å². The van der Waals surface area contributed by atoms with E-state index in [4.69, 9.17) is 4.42 Å². The fraction of sp³-hybridized carbons (Fsp3) is 0.312. The molecule has 0 aliphatic heterocycles. The number of rotatable bonds is 6. The van der Waals surface area contributed by atoms with Crippen molar-refractivity contribution in [3.8, 4) is 5.75 Å². The second-order valence-electron chi connectivity index (χ2n) is 5.14. The van der Waals surface area contributed by atoms with Crippen LogP contribution >= 0.6 is 0 Å². The van der Waals surface area contributed by atoms with Crippen LogP contribution in [0, 0.1) is 0 Å². The molecule has 112 valence electrons. The highest BCUT2D eigenvalue weighted by atomic mass is 16.3. The molecule has 1 heterocycles. The number of furan rings is 1. The lowest BCUT2D eigenvalue weighted by atomic mass is 10.1. The zero-order valence-corrected chi connectivity index (χ0v) is 12.2. The number of carbonyl (C=O) groups is 1. The van der Waals surface area contributed by atoms with Crippen LogP contribution in [0.15, 0.2) is 47.1 Å². The minimum Gasteiger partial charge on any atom is -0.508 e. The van der Waals surface area contributed by atoms with Gasteiger partial charge in [-0.05, 0) is 43.9 Å². The summed E-state index contributed by atoms with van der Waals surface area (Å²) in [6, 6.07) is 10.4. The van der Waals surface area contributed by atoms with Crippen molar-refractivity contribution in [3.05, 3.63) is 54.0 Å². The van der Waals surface area contributed by atoms with Crippen molar-refractivity contribution >= 4 is 5.91 Å². The van der Waals surface area contributed by atoms with Gasteiger partial charge in [-0.1, -0.05) is 12.1 Å². The average molecular weight is 288 g/mol. The van der Waals surface area contributed by atoms with E-state index in [9.17, 15) is 9.90 Å². The molecule has 0 radical (unpaired) electrons. The number of aromatic hydroxyl groups is 1. The molecule has 1 aromatic carbocycles. The molecule has 5 nitrogen and oxygen atoms in total. The first-order chi connectivity index (χ1) is 10.1. The third-order valence-corrected chi connectivity index (χ3v) is 3.29. The number of nitrogens with one attached hydrogen (secondary N) is 1. The fourth-order valence-corrected chi connectivity index (χ4v) is 2.09. The molecule has 1 amide bonds. The Hall–Kier alpha value is -2.27. The van der Waals surface area contributed by atoms with E-state index in [1.165, 1.54) is 0 Å². The Morgan fingerprint density at radius 2 is 2.00 bits per heavy atom. The summed E-state index contributed by atoms with van der Waals surface area (Å²) < 4.78 is 5.40. The number of hydrogen-bond acceptors (Lipinski definition) is 4. The second kappa shape index (κ2) is 6.95. The lowest BCUT2D eigenvalue weighted by molar-refractivity contribution is -0.120. The number of hydrogen-bond donors (Lipinski definition) is 2. The second-order valence-corrected chi connectivity index (χ2v) is 5.14. The van der Waals surface area contributed by atoms with Gasteiger partial charge in [-0.25, -0.2) is 0 Å². The van der Waals surface area contributed by atoms with E-state index in [1.54, 1.807) is 30.5 Å². The molecule has 0 saturated carbocycles. The van der Waals surface area contributed by atoms with Gasteiger partial charge in [-0.15, -0.1) is 0 Å². The summed E-state index contributed by atoms with van der Waals surface area (Å²) in [6.07, 6.45) is 1.92. The first kappa shape index (κ1) is 15.1. The quantitative estimate of drug-likeness (QED) is 0.852. The Morgan fingerprint density at radius 3 is 2.57 bits per heavy atom. The van der Waals surface area contributed by atoms with Crippen LogP contribution in [0.2, 0.25) is 0 Å². The summed E-state index contributed by atoms with van der Waals surface area (Å²) in [5, 5.41) is 12.1. The van der Waals surface area contributed by atoms with Crippen molar-refractivity contribution in [2.75, 3.05) is 20.6 Å². The molecule has 1 atom stereocenters. The molecule has 2 N–H and O–H groups in total. The highest BCUT2D eigenvalue weighted by Crippen LogP contribution is 2.17. The van der Waals surface area contributed by atoms with Gasteiger partial charge in [0.25, 0.3) is 0 Å². The molecule has 0 fully saturated rings. The average Bonchev–Trinajstić information content (AvgIpc) is 2.95. The highest BCUT2D eigenvalue weighted by molar-refractivity contribution is 5.78. The number of benzene rings is 1. The number of amides is 1. The Labute approximate surface area is 124 Å². The number of likely N-dealkylation sites (N-methyl/N-ethyl adjacent to an activating group) is 1. The van der Waals surface area contributed by atoms with E-state index >= 15 is 0 Å². The lowest BCUT2D eigenvalue weighted by Gasteiger charge is -2.22. The van der Waals surface area contributed by atoms with Crippen LogP contribution < -0.4 is 5.32 Å². The van der Waals surface area contributed by atoms with Crippen LogP contribution in [-0.2, 0) is 11.2 Å². The molecule has 2 rings (SSSR count). The summed E-state index contributed by atoms with van der Waals surface area (Å²) in [5.74, 6) is 0.966. The maximum absolute atomic E-state index is 12.0. The van der Waals surface area contributed by atoms with Crippen LogP contribution in [0.25, 0.3) is 0 Å². The number of nitrogens with zero attached hydrogens (tertiary/aromatic N) is 1. The summed E-state index contributed by atoms with van der Waals surface area (Å²) in [6.45, 7) is 0.484. The van der Waals surface area contributed by atoms with Crippen molar-refractivity contribution in [3.63, 3.8) is 0 Å². The summed E-state index contributed by atoms with van der Waals surface area (Å²) >= 11 is 0. The molecule has 0 bridgehead atoms. The van der Waals surface area contributed by atoms with Gasteiger partial charge < -0.3 is 14.8 Å². The molecule has 0 saturated heterocycles. The zero-order chi connectivity index (χ0) is 15.2. The maximum Gasteiger partial charge on any atom is 0.224 e. The van der Waals surface area contributed by atoms with Crippen LogP contribution in [0.1, 0.15) is 17.4 Å². The first-order valence-corrected chi connectivity index (χ1v) is 6.80. The van der Waals surface area contributed by atoms with E-state index in [-0.39, 0.29) is 17.7 Å². The molecule has 2 aromatic rings. The summed E-state index contributed by atoms with van der Waals surface area (Å²) in [4.78, 5) is 14.0. The molecule has 5 heteroatoms. The smallest absolute Gasteiger partial charge is 0.224 e. The number of phenolic OH excluding ortho intramolecular Hbond substituents is 1. The van der Waals surface area contributed by atoms with Crippen molar-refractivity contribution in [1.82, 2.24) is 10.2 Å². The van der Waals surface area contributed by atoms with Gasteiger partial charge in [0.05, 0.1) is 18.7 Å². The van der Waals surface area contributed by atoms with Gasteiger partial charge in [0.15, 0.2) is 0 Å². The molecule has 0 spiro atoms. The van der Waals surface area contributed by atoms with Crippen LogP contribution in [0.3, 0.4) is 0 Å². The zero-order valence-electron chi connectivity index (χ0n) is 12.2. The highest BCUT2D eigenvalue weighted by Gasteiger charge is 2.17. The Bertz CT molecular complexity index is 562. The first-order valence-electron chi connectivity index (χ1n) is 6.80. The van der Waals surface area contributed by atoms with Gasteiger partial charge >= 0.3 is 0 Å². The van der Waals surface area contributed by atoms with Crippen LogP contribution in [-0.4, -0.2) is 36.6 Å². The van der Waals surface area contributed by atoms with E-state index in [1.807, 2.05) is 31.1 Å². The third-order valence-electron chi connectivity index (χ3n) is 3.29. The van der Waals surface area contributed by atoms with E-state index in [0.717, 1.165) is 11.3 Å². The molecular formula is C16H20N2O3. The monoisotopic (exact) mass is 288 g/mol. The molecule has 0 aliphatic carbocycles. The van der Waals surface area contributed by atoms with Gasteiger partial charge in [0.1, 0.15) is 11.5 Å². The summed E-state index contributed by atoms with van der Waals surface area (Å²) in [5.41, 5.74) is 0.865. The van der Waals surface area contributed by atoms with Crippen molar-refractivity contribution < 1.29 is 14.3 Å². The Balaban J connectivity index is 1.89. The molecule has 1 unspecified atom stereocenters. The standard InChI is InChI=1S/C16H20N2O3/c1-18(2)14(15-4-3-9-21-15)11-17-16(20)10-12-5-7-13(19)8-6-12/h3-9,14,19H,10-11H2,1-2H3,(H,17,20). The SMILES string of the molecule is CN(C)C(CNC(=O)Cc1ccc(O)cc1)c1ccco1. The van der Waals surface area contributed by atoms with Gasteiger partial charge in [0.2, 0.25) is 5.91 Å². The fourth-order valence-electron chi connectivity index (χ4n) is 2.09. The van der Waals surface area contributed by atoms with Gasteiger partial charge in [0, 0.05) is 6.54 Å². The Morgan fingerprint density at radius 1 is 1.29 bits per heavy atom. The number of carbonyl (C=O) groups excluding carboxylic acids is 1. The van der Waals surface area contributed by atoms with Crippen molar-refractivity contribution in [1.29, 1.82) is 0 Å². The van der Waals surface area contributed by atoms with Crippen molar-refractivity contribution in [2.45, 2.75) is 12.5 Å². The molecule has 21 heavy (non-hydrogen) atoms.